The molecule has 1 saturated heterocycles. The van der Waals surface area contributed by atoms with Crippen molar-refractivity contribution in [2.24, 2.45) is 0 Å². The Kier molecular flexibility index (Phi) is 4.76. The van der Waals surface area contributed by atoms with Crippen LogP contribution in [0.5, 0.6) is 0 Å². The lowest BCUT2D eigenvalue weighted by Crippen LogP contribution is -2.34. The van der Waals surface area contributed by atoms with E-state index in [9.17, 15) is 0 Å². The van der Waals surface area contributed by atoms with E-state index < -0.39 is 0 Å². The molecule has 130 valence electrons. The Balaban J connectivity index is 1.51. The first-order valence-electron chi connectivity index (χ1n) is 9.00. The van der Waals surface area contributed by atoms with E-state index in [2.05, 4.69) is 43.9 Å². The summed E-state index contributed by atoms with van der Waals surface area (Å²) < 4.78 is 2.10. The molecule has 26 heavy (non-hydrogen) atoms. The van der Waals surface area contributed by atoms with E-state index in [0.717, 1.165) is 49.6 Å². The maximum Gasteiger partial charge on any atom is 0.141 e. The third kappa shape index (κ3) is 3.51. The SMILES string of the molecule is N#Cc1cccc(CN2CCCC(c3nncn3-c3ccccc3)C2)c1. The average molecular weight is 343 g/mol. The number of nitrogens with zero attached hydrogens (tertiary/aromatic N) is 5. The van der Waals surface area contributed by atoms with Crippen molar-refractivity contribution in [1.82, 2.24) is 19.7 Å². The molecule has 4 rings (SSSR count). The molecule has 2 aromatic carbocycles. The number of hydrogen-bond donors (Lipinski definition) is 0. The van der Waals surface area contributed by atoms with Crippen LogP contribution in [-0.2, 0) is 6.54 Å². The number of rotatable bonds is 4. The Morgan fingerprint density at radius 2 is 2.00 bits per heavy atom. The van der Waals surface area contributed by atoms with E-state index in [4.69, 9.17) is 5.26 Å². The number of aromatic nitrogens is 3. The predicted molar refractivity (Wildman–Crippen MR) is 99.8 cm³/mol. The van der Waals surface area contributed by atoms with Crippen molar-refractivity contribution in [3.05, 3.63) is 77.9 Å². The summed E-state index contributed by atoms with van der Waals surface area (Å²) in [5.41, 5.74) is 3.01. The lowest BCUT2D eigenvalue weighted by atomic mass is 9.96. The molecule has 1 aliphatic heterocycles. The number of nitriles is 1. The minimum atomic E-state index is 0.366. The fourth-order valence-corrected chi connectivity index (χ4v) is 3.72. The third-order valence-electron chi connectivity index (χ3n) is 4.94. The minimum absolute atomic E-state index is 0.366. The van der Waals surface area contributed by atoms with E-state index in [1.54, 1.807) is 6.33 Å². The summed E-state index contributed by atoms with van der Waals surface area (Å²) in [4.78, 5) is 2.45. The van der Waals surface area contributed by atoms with Crippen LogP contribution in [0.15, 0.2) is 60.9 Å². The summed E-state index contributed by atoms with van der Waals surface area (Å²) in [5, 5.41) is 17.7. The van der Waals surface area contributed by atoms with E-state index >= 15 is 0 Å². The molecule has 1 aromatic heterocycles. The largest absolute Gasteiger partial charge is 0.298 e. The predicted octanol–water partition coefficient (Wildman–Crippen LogP) is 3.52. The van der Waals surface area contributed by atoms with E-state index in [1.807, 2.05) is 36.4 Å². The van der Waals surface area contributed by atoms with Gasteiger partial charge in [-0.25, -0.2) is 0 Å². The molecule has 0 bridgehead atoms. The van der Waals surface area contributed by atoms with Crippen LogP contribution in [0.25, 0.3) is 5.69 Å². The molecule has 1 aliphatic rings. The Bertz CT molecular complexity index is 909. The molecule has 1 atom stereocenters. The molecular weight excluding hydrogens is 322 g/mol. The van der Waals surface area contributed by atoms with Crippen LogP contribution >= 0.6 is 0 Å². The van der Waals surface area contributed by atoms with Crippen LogP contribution in [0.1, 0.15) is 35.7 Å². The fourth-order valence-electron chi connectivity index (χ4n) is 3.72. The highest BCUT2D eigenvalue weighted by molar-refractivity contribution is 5.34. The molecular formula is C21H21N5. The third-order valence-corrected chi connectivity index (χ3v) is 4.94. The summed E-state index contributed by atoms with van der Waals surface area (Å²) >= 11 is 0. The van der Waals surface area contributed by atoms with Crippen molar-refractivity contribution < 1.29 is 0 Å². The standard InChI is InChI=1S/C21H21N5/c22-13-17-6-4-7-18(12-17)14-25-11-5-8-19(15-25)21-24-23-16-26(21)20-9-2-1-3-10-20/h1-4,6-7,9-10,12,16,19H,5,8,11,14-15H2. The zero-order chi connectivity index (χ0) is 17.8. The van der Waals surface area contributed by atoms with Gasteiger partial charge in [-0.3, -0.25) is 9.47 Å². The normalized spacial score (nSPS) is 17.7. The van der Waals surface area contributed by atoms with Crippen LogP contribution in [0.3, 0.4) is 0 Å². The van der Waals surface area contributed by atoms with Crippen molar-refractivity contribution in [2.45, 2.75) is 25.3 Å². The molecule has 0 aliphatic carbocycles. The van der Waals surface area contributed by atoms with Crippen molar-refractivity contribution in [3.63, 3.8) is 0 Å². The Hall–Kier alpha value is -2.97. The molecule has 0 amide bonds. The van der Waals surface area contributed by atoms with Gasteiger partial charge in [-0.1, -0.05) is 30.3 Å². The molecule has 2 heterocycles. The van der Waals surface area contributed by atoms with Gasteiger partial charge >= 0.3 is 0 Å². The smallest absolute Gasteiger partial charge is 0.141 e. The van der Waals surface area contributed by atoms with E-state index in [0.29, 0.717) is 5.92 Å². The maximum absolute atomic E-state index is 9.09. The number of benzene rings is 2. The molecule has 1 unspecified atom stereocenters. The van der Waals surface area contributed by atoms with Crippen molar-refractivity contribution in [3.8, 4) is 11.8 Å². The highest BCUT2D eigenvalue weighted by atomic mass is 15.3. The molecule has 1 fully saturated rings. The summed E-state index contributed by atoms with van der Waals surface area (Å²) in [6.45, 7) is 2.90. The van der Waals surface area contributed by atoms with E-state index in [-0.39, 0.29) is 0 Å². The van der Waals surface area contributed by atoms with Crippen molar-refractivity contribution >= 4 is 0 Å². The van der Waals surface area contributed by atoms with Gasteiger partial charge in [0.15, 0.2) is 0 Å². The second-order valence-electron chi connectivity index (χ2n) is 6.78. The van der Waals surface area contributed by atoms with Gasteiger partial charge in [-0.05, 0) is 49.2 Å². The zero-order valence-electron chi connectivity index (χ0n) is 14.6. The quantitative estimate of drug-likeness (QED) is 0.727. The number of piperidine rings is 1. The Morgan fingerprint density at radius 3 is 2.85 bits per heavy atom. The molecule has 3 aromatic rings. The summed E-state index contributed by atoms with van der Waals surface area (Å²) in [6, 6.07) is 20.4. The van der Waals surface area contributed by atoms with Crippen LogP contribution in [0.2, 0.25) is 0 Å². The van der Waals surface area contributed by atoms with Crippen molar-refractivity contribution in [2.75, 3.05) is 13.1 Å². The Labute approximate surface area is 153 Å². The topological polar surface area (TPSA) is 57.7 Å². The Morgan fingerprint density at radius 1 is 1.12 bits per heavy atom. The zero-order valence-corrected chi connectivity index (χ0v) is 14.6. The maximum atomic E-state index is 9.09. The average Bonchev–Trinajstić information content (AvgIpc) is 3.19. The summed E-state index contributed by atoms with van der Waals surface area (Å²) in [7, 11) is 0. The molecule has 0 saturated carbocycles. The van der Waals surface area contributed by atoms with Gasteiger partial charge < -0.3 is 0 Å². The molecule has 0 N–H and O–H groups in total. The van der Waals surface area contributed by atoms with Gasteiger partial charge in [-0.15, -0.1) is 10.2 Å². The second kappa shape index (κ2) is 7.51. The number of para-hydroxylation sites is 1. The van der Waals surface area contributed by atoms with Gasteiger partial charge in [-0.2, -0.15) is 5.26 Å². The van der Waals surface area contributed by atoms with Gasteiger partial charge in [0.2, 0.25) is 0 Å². The minimum Gasteiger partial charge on any atom is -0.298 e. The van der Waals surface area contributed by atoms with Crippen LogP contribution in [0.4, 0.5) is 0 Å². The van der Waals surface area contributed by atoms with Crippen LogP contribution < -0.4 is 0 Å². The molecule has 0 spiro atoms. The van der Waals surface area contributed by atoms with Crippen molar-refractivity contribution in [1.29, 1.82) is 5.26 Å². The molecule has 5 nitrogen and oxygen atoms in total. The first-order chi connectivity index (χ1) is 12.8. The first-order valence-corrected chi connectivity index (χ1v) is 9.00. The monoisotopic (exact) mass is 343 g/mol. The molecule has 0 radical (unpaired) electrons. The number of hydrogen-bond acceptors (Lipinski definition) is 4. The lowest BCUT2D eigenvalue weighted by molar-refractivity contribution is 0.195. The highest BCUT2D eigenvalue weighted by Gasteiger charge is 2.25. The lowest BCUT2D eigenvalue weighted by Gasteiger charge is -2.32. The number of likely N-dealkylation sites (tertiary alicyclic amines) is 1. The molecule has 5 heteroatoms. The van der Waals surface area contributed by atoms with Gasteiger partial charge in [0.1, 0.15) is 12.2 Å². The van der Waals surface area contributed by atoms with Gasteiger partial charge in [0, 0.05) is 24.7 Å². The van der Waals surface area contributed by atoms with Crippen LogP contribution in [0, 0.1) is 11.3 Å². The summed E-state index contributed by atoms with van der Waals surface area (Å²) in [6.07, 6.45) is 4.07. The fraction of sp³-hybridized carbons (Fsp3) is 0.286. The van der Waals surface area contributed by atoms with Gasteiger partial charge in [0.05, 0.1) is 11.6 Å². The first kappa shape index (κ1) is 16.5. The highest BCUT2D eigenvalue weighted by Crippen LogP contribution is 2.28. The second-order valence-corrected chi connectivity index (χ2v) is 6.78. The van der Waals surface area contributed by atoms with Crippen LogP contribution in [-0.4, -0.2) is 32.8 Å². The summed E-state index contributed by atoms with van der Waals surface area (Å²) in [5.74, 6) is 1.40. The van der Waals surface area contributed by atoms with Gasteiger partial charge in [0.25, 0.3) is 0 Å². The van der Waals surface area contributed by atoms with E-state index in [1.165, 1.54) is 5.56 Å².